The van der Waals surface area contributed by atoms with Crippen LogP contribution in [0.3, 0.4) is 0 Å². The normalized spacial score (nSPS) is 15.1. The number of nitrogens with zero attached hydrogens (tertiary/aromatic N) is 3. The summed E-state index contributed by atoms with van der Waals surface area (Å²) in [6.45, 7) is 13.4. The largest absolute Gasteiger partial charge is 0.504 e. The molecule has 2 heterocycles. The van der Waals surface area contributed by atoms with Gasteiger partial charge >= 0.3 is 5.97 Å². The third-order valence-corrected chi connectivity index (χ3v) is 9.29. The van der Waals surface area contributed by atoms with Crippen molar-refractivity contribution in [3.05, 3.63) is 93.8 Å². The number of aromatic nitrogens is 1. The number of hydrogen-bond acceptors (Lipinski definition) is 6. The number of amides is 1. The smallest absolute Gasteiger partial charge is 0.336 e. The van der Waals surface area contributed by atoms with E-state index in [1.54, 1.807) is 30.7 Å². The lowest BCUT2D eigenvalue weighted by atomic mass is 9.80. The summed E-state index contributed by atoms with van der Waals surface area (Å²) in [5.41, 5.74) is 5.74. The van der Waals surface area contributed by atoms with Gasteiger partial charge in [0.15, 0.2) is 17.2 Å². The van der Waals surface area contributed by atoms with Crippen LogP contribution >= 0.6 is 0 Å². The van der Waals surface area contributed by atoms with Gasteiger partial charge in [-0.05, 0) is 58.0 Å². The summed E-state index contributed by atoms with van der Waals surface area (Å²) >= 11 is 0. The molecule has 1 aromatic heterocycles. The zero-order chi connectivity index (χ0) is 34.0. The number of ether oxygens (including phenoxy) is 1. The van der Waals surface area contributed by atoms with Crippen LogP contribution in [0.5, 0.6) is 17.2 Å². The first-order valence-electron chi connectivity index (χ1n) is 16.2. The molecule has 2 aliphatic rings. The molecule has 0 fully saturated rings. The van der Waals surface area contributed by atoms with E-state index in [2.05, 4.69) is 48.6 Å². The van der Waals surface area contributed by atoms with Gasteiger partial charge in [0, 0.05) is 65.7 Å². The molecule has 10 nitrogen and oxygen atoms in total. The van der Waals surface area contributed by atoms with E-state index in [0.717, 1.165) is 43.2 Å². The first-order chi connectivity index (χ1) is 22.5. The fourth-order valence-corrected chi connectivity index (χ4v) is 6.60. The number of nitrogens with one attached hydrogen (secondary N) is 1. The Kier molecular flexibility index (Phi) is 9.69. The summed E-state index contributed by atoms with van der Waals surface area (Å²) in [7, 11) is 1.73. The number of pyridine rings is 1. The third-order valence-electron chi connectivity index (χ3n) is 9.29. The Labute approximate surface area is 275 Å². The highest BCUT2D eigenvalue weighted by Gasteiger charge is 2.37. The summed E-state index contributed by atoms with van der Waals surface area (Å²) in [5.74, 6) is -1.66. The minimum atomic E-state index is -1.16. The standard InChI is InChI=1S/C37H42N4O6/c1-7-40(8-2)23-14-16-25-31(19-23)47-32-20-24(41(9-3)10-4)15-17-26(32)33(25)34-27(12-11-13-28(34)37(45)46)36(44)38-21-29-35(43)30(42)18-22(5)39(29)6/h11-19,32H,7-10,20-21H2,1-6H3,(H2-,38,43,44,45,46)/p+2. The number of carbonyl (C=O) groups excluding carboxylic acids is 1. The van der Waals surface area contributed by atoms with Gasteiger partial charge in [0.05, 0.1) is 18.1 Å². The van der Waals surface area contributed by atoms with Crippen molar-refractivity contribution in [1.82, 2.24) is 5.32 Å². The molecule has 2 aromatic carbocycles. The lowest BCUT2D eigenvalue weighted by Crippen LogP contribution is -2.40. The Morgan fingerprint density at radius 3 is 2.38 bits per heavy atom. The fraction of sp³-hybridized carbons (Fsp3) is 0.351. The van der Waals surface area contributed by atoms with Crippen molar-refractivity contribution in [3.63, 3.8) is 0 Å². The van der Waals surface area contributed by atoms with Crippen LogP contribution in [-0.4, -0.2) is 69.8 Å². The van der Waals surface area contributed by atoms with Gasteiger partial charge in [-0.25, -0.2) is 9.37 Å². The number of fused-ring (bicyclic) bond motifs is 2. The number of anilines is 1. The molecule has 0 saturated carbocycles. The highest BCUT2D eigenvalue weighted by molar-refractivity contribution is 6.09. The zero-order valence-electron chi connectivity index (χ0n) is 27.9. The summed E-state index contributed by atoms with van der Waals surface area (Å²) in [6.07, 6.45) is 4.25. The highest BCUT2D eigenvalue weighted by Crippen LogP contribution is 2.45. The molecule has 0 saturated heterocycles. The van der Waals surface area contributed by atoms with E-state index >= 15 is 0 Å². The number of benzene rings is 2. The Morgan fingerprint density at radius 1 is 1.02 bits per heavy atom. The van der Waals surface area contributed by atoms with Crippen LogP contribution in [-0.2, 0) is 13.6 Å². The molecule has 246 valence electrons. The number of rotatable bonds is 10. The first kappa shape index (κ1) is 33.2. The summed E-state index contributed by atoms with van der Waals surface area (Å²) in [4.78, 5) is 29.0. The van der Waals surface area contributed by atoms with E-state index in [1.165, 1.54) is 12.1 Å². The van der Waals surface area contributed by atoms with Crippen LogP contribution in [0.2, 0.25) is 0 Å². The fourth-order valence-electron chi connectivity index (χ4n) is 6.60. The molecule has 0 bridgehead atoms. The topological polar surface area (TPSA) is 126 Å². The number of aryl methyl sites for hydroxylation is 1. The van der Waals surface area contributed by atoms with Crippen molar-refractivity contribution in [1.29, 1.82) is 0 Å². The number of carbonyl (C=O) groups is 2. The van der Waals surface area contributed by atoms with Crippen LogP contribution in [0.15, 0.2) is 60.2 Å². The molecule has 4 N–H and O–H groups in total. The van der Waals surface area contributed by atoms with Crippen molar-refractivity contribution in [2.75, 3.05) is 31.1 Å². The SMILES string of the molecule is CCN(CC)c1ccc2c(c1)OC1CC(=[N+](CC)CC)C=CC1=C2c1c(C(=O)O)cccc1C(=O)NCc1c(O)c(O)cc(C)[n+]1C. The minimum Gasteiger partial charge on any atom is -0.504 e. The van der Waals surface area contributed by atoms with Crippen LogP contribution < -0.4 is 19.5 Å². The van der Waals surface area contributed by atoms with Gasteiger partial charge < -0.3 is 30.3 Å². The van der Waals surface area contributed by atoms with E-state index < -0.39 is 18.0 Å². The highest BCUT2D eigenvalue weighted by atomic mass is 16.5. The van der Waals surface area contributed by atoms with E-state index in [0.29, 0.717) is 40.3 Å². The van der Waals surface area contributed by atoms with Crippen molar-refractivity contribution < 1.29 is 38.8 Å². The molecule has 1 amide bonds. The molecule has 1 aliphatic heterocycles. The zero-order valence-corrected chi connectivity index (χ0v) is 27.9. The molecular weight excluding hydrogens is 596 g/mol. The van der Waals surface area contributed by atoms with Crippen LogP contribution in [0, 0.1) is 6.92 Å². The molecule has 1 aliphatic carbocycles. The molecule has 3 aromatic rings. The Bertz CT molecular complexity index is 1800. The van der Waals surface area contributed by atoms with Gasteiger partial charge in [-0.3, -0.25) is 4.79 Å². The molecule has 1 unspecified atom stereocenters. The monoisotopic (exact) mass is 640 g/mol. The summed E-state index contributed by atoms with van der Waals surface area (Å²) in [6, 6.07) is 12.1. The molecular formula is C37H44N4O6+2. The van der Waals surface area contributed by atoms with Gasteiger partial charge in [-0.15, -0.1) is 0 Å². The number of carboxylic acid groups (broad SMARTS) is 1. The van der Waals surface area contributed by atoms with E-state index in [1.807, 2.05) is 24.3 Å². The van der Waals surface area contributed by atoms with Crippen LogP contribution in [0.1, 0.15) is 77.3 Å². The molecule has 0 radical (unpaired) electrons. The second-order valence-corrected chi connectivity index (χ2v) is 11.7. The number of hydrogen-bond donors (Lipinski definition) is 4. The Morgan fingerprint density at radius 2 is 1.72 bits per heavy atom. The average Bonchev–Trinajstić information content (AvgIpc) is 3.06. The maximum absolute atomic E-state index is 14.0. The average molecular weight is 641 g/mol. The number of aromatic carboxylic acids is 1. The van der Waals surface area contributed by atoms with Gasteiger partial charge in [0.2, 0.25) is 11.4 Å². The quantitative estimate of drug-likeness (QED) is 0.236. The molecule has 10 heteroatoms. The maximum atomic E-state index is 14.0. The number of carboxylic acids is 1. The van der Waals surface area contributed by atoms with Crippen LogP contribution in [0.4, 0.5) is 5.69 Å². The molecule has 47 heavy (non-hydrogen) atoms. The van der Waals surface area contributed by atoms with E-state index in [9.17, 15) is 24.9 Å². The van der Waals surface area contributed by atoms with Crippen LogP contribution in [0.25, 0.3) is 5.57 Å². The third kappa shape index (κ3) is 6.19. The van der Waals surface area contributed by atoms with Crippen molar-refractivity contribution in [3.8, 4) is 17.2 Å². The number of aromatic hydroxyl groups is 2. The Balaban J connectivity index is 1.71. The first-order valence-corrected chi connectivity index (χ1v) is 16.2. The second kappa shape index (κ2) is 13.7. The van der Waals surface area contributed by atoms with Gasteiger partial charge in [-0.2, -0.15) is 4.57 Å². The predicted octanol–water partition coefficient (Wildman–Crippen LogP) is 4.72. The van der Waals surface area contributed by atoms with Gasteiger partial charge in [0.25, 0.3) is 5.91 Å². The van der Waals surface area contributed by atoms with E-state index in [-0.39, 0.29) is 29.2 Å². The van der Waals surface area contributed by atoms with E-state index in [4.69, 9.17) is 4.74 Å². The molecule has 5 rings (SSSR count). The van der Waals surface area contributed by atoms with Crippen molar-refractivity contribution in [2.24, 2.45) is 7.05 Å². The predicted molar refractivity (Wildman–Crippen MR) is 181 cm³/mol. The van der Waals surface area contributed by atoms with Gasteiger partial charge in [-0.1, -0.05) is 6.07 Å². The molecule has 1 atom stereocenters. The van der Waals surface area contributed by atoms with Crippen molar-refractivity contribution >= 4 is 28.8 Å². The number of allylic oxidation sites excluding steroid dienone is 1. The molecule has 0 spiro atoms. The second-order valence-electron chi connectivity index (χ2n) is 11.7. The summed E-state index contributed by atoms with van der Waals surface area (Å²) in [5, 5.41) is 34.1. The van der Waals surface area contributed by atoms with Crippen molar-refractivity contribution in [2.45, 2.75) is 53.7 Å². The summed E-state index contributed by atoms with van der Waals surface area (Å²) < 4.78 is 10.7. The lowest BCUT2D eigenvalue weighted by molar-refractivity contribution is -0.685. The van der Waals surface area contributed by atoms with Gasteiger partial charge in [0.1, 0.15) is 38.5 Å². The maximum Gasteiger partial charge on any atom is 0.336 e. The Hall–Kier alpha value is -5.12. The minimum absolute atomic E-state index is 0.00640. The lowest BCUT2D eigenvalue weighted by Gasteiger charge is -2.34.